The van der Waals surface area contributed by atoms with Crippen molar-refractivity contribution in [3.05, 3.63) is 95.6 Å². The molecule has 0 aliphatic carbocycles. The number of phenolic OH excluding ortho intramolecular Hbond substituents is 1. The third kappa shape index (κ3) is 5.46. The second-order valence-electron chi connectivity index (χ2n) is 9.19. The van der Waals surface area contributed by atoms with Crippen molar-refractivity contribution < 1.29 is 18.6 Å². The van der Waals surface area contributed by atoms with E-state index in [-0.39, 0.29) is 5.75 Å². The number of ether oxygens (including phenoxy) is 1. The normalized spacial score (nSPS) is 14.3. The van der Waals surface area contributed by atoms with Gasteiger partial charge in [0.1, 0.15) is 29.7 Å². The number of fused-ring (bicyclic) bond motifs is 1. The Morgan fingerprint density at radius 3 is 2.34 bits per heavy atom. The number of halogens is 2. The van der Waals surface area contributed by atoms with E-state index in [9.17, 15) is 13.9 Å². The number of hydrogen-bond donors (Lipinski definition) is 1. The number of likely N-dealkylation sites (tertiary alicyclic amines) is 1. The van der Waals surface area contributed by atoms with Crippen LogP contribution in [-0.2, 0) is 6.42 Å². The summed E-state index contributed by atoms with van der Waals surface area (Å²) in [5.74, 6) is -0.190. The van der Waals surface area contributed by atoms with Crippen LogP contribution in [0.25, 0.3) is 21.9 Å². The highest BCUT2D eigenvalue weighted by Crippen LogP contribution is 2.35. The summed E-state index contributed by atoms with van der Waals surface area (Å²) in [6.45, 7) is 3.92. The largest absolute Gasteiger partial charge is 0.508 e. The van der Waals surface area contributed by atoms with Crippen LogP contribution in [-0.4, -0.2) is 36.2 Å². The molecular weight excluding hydrogens is 444 g/mol. The zero-order valence-electron chi connectivity index (χ0n) is 19.6. The molecule has 1 aliphatic heterocycles. The predicted octanol–water partition coefficient (Wildman–Crippen LogP) is 6.95. The van der Waals surface area contributed by atoms with Crippen molar-refractivity contribution in [3.63, 3.8) is 0 Å². The molecule has 5 heteroatoms. The summed E-state index contributed by atoms with van der Waals surface area (Å²) in [6, 6.07) is 20.6. The molecule has 0 unspecified atom stereocenters. The summed E-state index contributed by atoms with van der Waals surface area (Å²) in [5, 5.41) is 11.7. The van der Waals surface area contributed by atoms with E-state index in [1.54, 1.807) is 12.1 Å². The molecule has 5 rings (SSSR count). The maximum absolute atomic E-state index is 14.7. The molecule has 0 atom stereocenters. The lowest BCUT2D eigenvalue weighted by Crippen LogP contribution is -2.33. The van der Waals surface area contributed by atoms with E-state index in [2.05, 4.69) is 4.90 Å². The van der Waals surface area contributed by atoms with Crippen molar-refractivity contribution in [3.8, 4) is 22.6 Å². The molecule has 1 heterocycles. The molecule has 0 aromatic heterocycles. The average Bonchev–Trinajstić information content (AvgIpc) is 2.86. The number of hydrogen-bond acceptors (Lipinski definition) is 3. The molecule has 0 amide bonds. The van der Waals surface area contributed by atoms with Gasteiger partial charge in [0.2, 0.25) is 0 Å². The smallest absolute Gasteiger partial charge is 0.133 e. The molecule has 0 spiro atoms. The van der Waals surface area contributed by atoms with E-state index in [0.29, 0.717) is 24.2 Å². The first-order valence-electron chi connectivity index (χ1n) is 12.2. The van der Waals surface area contributed by atoms with Crippen molar-refractivity contribution in [2.24, 2.45) is 0 Å². The summed E-state index contributed by atoms with van der Waals surface area (Å²) >= 11 is 0. The Labute approximate surface area is 204 Å². The Balaban J connectivity index is 1.39. The lowest BCUT2D eigenvalue weighted by atomic mass is 9.90. The molecule has 180 valence electrons. The Bertz CT molecular complexity index is 1310. The van der Waals surface area contributed by atoms with E-state index in [1.807, 2.05) is 42.5 Å². The predicted molar refractivity (Wildman–Crippen MR) is 136 cm³/mol. The van der Waals surface area contributed by atoms with Crippen LogP contribution >= 0.6 is 0 Å². The fraction of sp³-hybridized carbons (Fsp3) is 0.267. The Hall–Kier alpha value is -3.44. The van der Waals surface area contributed by atoms with Gasteiger partial charge in [0.15, 0.2) is 0 Å². The topological polar surface area (TPSA) is 32.7 Å². The number of benzene rings is 4. The number of aromatic hydroxyl groups is 1. The van der Waals surface area contributed by atoms with Gasteiger partial charge in [-0.05, 0) is 96.2 Å². The molecule has 1 N–H and O–H groups in total. The Morgan fingerprint density at radius 1 is 0.800 bits per heavy atom. The highest BCUT2D eigenvalue weighted by atomic mass is 19.1. The van der Waals surface area contributed by atoms with Gasteiger partial charge in [-0.15, -0.1) is 0 Å². The summed E-state index contributed by atoms with van der Waals surface area (Å²) in [6.07, 6.45) is 4.42. The molecule has 0 saturated carbocycles. The van der Waals surface area contributed by atoms with Gasteiger partial charge in [0.05, 0.1) is 0 Å². The van der Waals surface area contributed by atoms with Crippen LogP contribution in [0, 0.1) is 11.6 Å². The van der Waals surface area contributed by atoms with Crippen LogP contribution in [0.1, 0.15) is 30.4 Å². The van der Waals surface area contributed by atoms with Gasteiger partial charge in [-0.2, -0.15) is 0 Å². The minimum absolute atomic E-state index is 0.176. The molecular formula is C30H29F2NO2. The second-order valence-corrected chi connectivity index (χ2v) is 9.19. The number of phenols is 1. The third-order valence-electron chi connectivity index (χ3n) is 6.77. The van der Waals surface area contributed by atoms with Gasteiger partial charge in [-0.3, -0.25) is 4.90 Å². The van der Waals surface area contributed by atoms with E-state index < -0.39 is 11.6 Å². The fourth-order valence-corrected chi connectivity index (χ4v) is 4.92. The summed E-state index contributed by atoms with van der Waals surface area (Å²) in [5.41, 5.74) is 3.04. The van der Waals surface area contributed by atoms with E-state index in [1.165, 1.54) is 31.4 Å². The van der Waals surface area contributed by atoms with Gasteiger partial charge >= 0.3 is 0 Å². The number of rotatable bonds is 7. The zero-order valence-corrected chi connectivity index (χ0v) is 19.6. The van der Waals surface area contributed by atoms with E-state index in [0.717, 1.165) is 53.3 Å². The highest BCUT2D eigenvalue weighted by molar-refractivity contribution is 5.93. The molecule has 0 radical (unpaired) electrons. The number of piperidine rings is 1. The minimum Gasteiger partial charge on any atom is -0.508 e. The van der Waals surface area contributed by atoms with E-state index in [4.69, 9.17) is 4.74 Å². The fourth-order valence-electron chi connectivity index (χ4n) is 4.92. The van der Waals surface area contributed by atoms with Crippen molar-refractivity contribution in [1.29, 1.82) is 0 Å². The minimum atomic E-state index is -0.602. The summed E-state index contributed by atoms with van der Waals surface area (Å²) in [7, 11) is 0. The standard InChI is InChI=1S/C30H29F2NO2/c31-23-7-12-28(30(32)20-23)27-11-6-22-19-24(34)8-13-26(22)29(27)18-21-4-9-25(10-5-21)35-17-16-33-14-2-1-3-15-33/h4-13,19-20,34H,1-3,14-18H2. The van der Waals surface area contributed by atoms with Gasteiger partial charge in [0.25, 0.3) is 0 Å². The van der Waals surface area contributed by atoms with Crippen LogP contribution in [0.15, 0.2) is 72.8 Å². The Morgan fingerprint density at radius 2 is 1.57 bits per heavy atom. The van der Waals surface area contributed by atoms with Crippen LogP contribution in [0.5, 0.6) is 11.5 Å². The highest BCUT2D eigenvalue weighted by Gasteiger charge is 2.15. The average molecular weight is 474 g/mol. The van der Waals surface area contributed by atoms with Gasteiger partial charge in [-0.1, -0.05) is 36.8 Å². The van der Waals surface area contributed by atoms with E-state index >= 15 is 0 Å². The van der Waals surface area contributed by atoms with Gasteiger partial charge in [0, 0.05) is 18.2 Å². The molecule has 0 bridgehead atoms. The first-order valence-corrected chi connectivity index (χ1v) is 12.2. The first kappa shape index (κ1) is 23.3. The monoisotopic (exact) mass is 473 g/mol. The molecule has 1 saturated heterocycles. The third-order valence-corrected chi connectivity index (χ3v) is 6.77. The van der Waals surface area contributed by atoms with Crippen LogP contribution in [0.3, 0.4) is 0 Å². The van der Waals surface area contributed by atoms with Gasteiger partial charge in [-0.25, -0.2) is 8.78 Å². The van der Waals surface area contributed by atoms with Crippen molar-refractivity contribution in [2.75, 3.05) is 26.2 Å². The second kappa shape index (κ2) is 10.4. The summed E-state index contributed by atoms with van der Waals surface area (Å²) < 4.78 is 34.2. The van der Waals surface area contributed by atoms with Crippen LogP contribution < -0.4 is 4.74 Å². The molecule has 4 aromatic rings. The van der Waals surface area contributed by atoms with Crippen LogP contribution in [0.2, 0.25) is 0 Å². The van der Waals surface area contributed by atoms with Crippen LogP contribution in [0.4, 0.5) is 8.78 Å². The maximum Gasteiger partial charge on any atom is 0.133 e. The van der Waals surface area contributed by atoms with Crippen molar-refractivity contribution in [1.82, 2.24) is 4.90 Å². The molecule has 3 nitrogen and oxygen atoms in total. The summed E-state index contributed by atoms with van der Waals surface area (Å²) in [4.78, 5) is 2.45. The number of nitrogens with zero attached hydrogens (tertiary/aromatic N) is 1. The molecule has 1 aliphatic rings. The molecule has 1 fully saturated rings. The molecule has 35 heavy (non-hydrogen) atoms. The lowest BCUT2D eigenvalue weighted by molar-refractivity contribution is 0.183. The quantitative estimate of drug-likeness (QED) is 0.315. The first-order chi connectivity index (χ1) is 17.1. The van der Waals surface area contributed by atoms with Gasteiger partial charge < -0.3 is 9.84 Å². The molecule has 4 aromatic carbocycles. The van der Waals surface area contributed by atoms with Crippen molar-refractivity contribution >= 4 is 10.8 Å². The maximum atomic E-state index is 14.7. The zero-order chi connectivity index (χ0) is 24.2. The van der Waals surface area contributed by atoms with Crippen molar-refractivity contribution in [2.45, 2.75) is 25.7 Å². The Kier molecular flexibility index (Phi) is 6.96. The SMILES string of the molecule is Oc1ccc2c(Cc3ccc(OCCN4CCCCC4)cc3)c(-c3ccc(F)cc3F)ccc2c1. The lowest BCUT2D eigenvalue weighted by Gasteiger charge is -2.26.